The Hall–Kier alpha value is -3.55. The molecule has 1 aromatic carbocycles. The third kappa shape index (κ3) is 4.66. The van der Waals surface area contributed by atoms with Crippen LogP contribution in [0.3, 0.4) is 0 Å². The van der Waals surface area contributed by atoms with Crippen molar-refractivity contribution in [2.45, 2.75) is 12.8 Å². The van der Waals surface area contributed by atoms with Crippen molar-refractivity contribution in [3.63, 3.8) is 0 Å². The Bertz CT molecular complexity index is 974. The second-order valence-corrected chi connectivity index (χ2v) is 7.11. The number of carbonyl (C=O) groups is 2. The average molecular weight is 390 g/mol. The topological polar surface area (TPSA) is 104 Å². The summed E-state index contributed by atoms with van der Waals surface area (Å²) in [5.41, 5.74) is 2.47. The van der Waals surface area contributed by atoms with E-state index in [0.717, 1.165) is 17.5 Å². The Balaban J connectivity index is 1.32. The van der Waals surface area contributed by atoms with E-state index in [0.29, 0.717) is 31.2 Å². The Morgan fingerprint density at radius 3 is 2.79 bits per heavy atom. The molecule has 8 nitrogen and oxygen atoms in total. The summed E-state index contributed by atoms with van der Waals surface area (Å²) in [4.78, 5) is 34.9. The second-order valence-electron chi connectivity index (χ2n) is 7.11. The molecule has 0 radical (unpaired) electrons. The van der Waals surface area contributed by atoms with Crippen molar-refractivity contribution in [1.82, 2.24) is 30.4 Å². The lowest BCUT2D eigenvalue weighted by Crippen LogP contribution is -2.34. The standard InChI is InChI=1S/C21H22N6O2/c28-20(11-19-24-14-25-26-19)23-12-15-7-9-27(13-15)21(29)18-10-17(6-8-22-18)16-4-2-1-3-5-16/h1-6,8,10,14-15H,7,9,11-13H2,(H,23,28)(H,24,25,26)/t15-/m0/s1. The molecule has 0 unspecified atom stereocenters. The van der Waals surface area contributed by atoms with Crippen LogP contribution in [-0.4, -0.2) is 56.5 Å². The van der Waals surface area contributed by atoms with Crippen LogP contribution in [0.15, 0.2) is 55.0 Å². The molecule has 1 saturated heterocycles. The molecule has 3 aromatic rings. The molecule has 1 aliphatic heterocycles. The molecule has 29 heavy (non-hydrogen) atoms. The molecule has 0 bridgehead atoms. The van der Waals surface area contributed by atoms with Gasteiger partial charge in [-0.2, -0.15) is 5.10 Å². The zero-order valence-corrected chi connectivity index (χ0v) is 15.9. The fourth-order valence-electron chi connectivity index (χ4n) is 3.49. The van der Waals surface area contributed by atoms with Crippen molar-refractivity contribution in [3.8, 4) is 11.1 Å². The van der Waals surface area contributed by atoms with Gasteiger partial charge < -0.3 is 10.2 Å². The molecule has 0 saturated carbocycles. The van der Waals surface area contributed by atoms with Gasteiger partial charge in [0.15, 0.2) is 0 Å². The van der Waals surface area contributed by atoms with Crippen molar-refractivity contribution in [1.29, 1.82) is 0 Å². The lowest BCUT2D eigenvalue weighted by atomic mass is 10.1. The number of likely N-dealkylation sites (tertiary alicyclic amines) is 1. The molecular weight excluding hydrogens is 368 g/mol. The molecule has 2 amide bonds. The number of aromatic nitrogens is 4. The maximum Gasteiger partial charge on any atom is 0.272 e. The number of pyridine rings is 1. The van der Waals surface area contributed by atoms with E-state index in [-0.39, 0.29) is 24.2 Å². The molecule has 8 heteroatoms. The van der Waals surface area contributed by atoms with Gasteiger partial charge in [0.05, 0.1) is 6.42 Å². The summed E-state index contributed by atoms with van der Waals surface area (Å²) < 4.78 is 0. The van der Waals surface area contributed by atoms with Gasteiger partial charge in [0.1, 0.15) is 17.8 Å². The number of hydrogen-bond acceptors (Lipinski definition) is 5. The normalized spacial score (nSPS) is 16.0. The number of hydrogen-bond donors (Lipinski definition) is 2. The number of benzene rings is 1. The molecule has 4 rings (SSSR count). The number of rotatable bonds is 6. The zero-order valence-electron chi connectivity index (χ0n) is 15.9. The van der Waals surface area contributed by atoms with E-state index >= 15 is 0 Å². The first-order chi connectivity index (χ1) is 14.2. The number of nitrogens with one attached hydrogen (secondary N) is 2. The summed E-state index contributed by atoms with van der Waals surface area (Å²) in [5, 5.41) is 9.31. The largest absolute Gasteiger partial charge is 0.355 e. The van der Waals surface area contributed by atoms with Crippen LogP contribution in [0.2, 0.25) is 0 Å². The van der Waals surface area contributed by atoms with Gasteiger partial charge in [0, 0.05) is 25.8 Å². The second kappa shape index (κ2) is 8.64. The fourth-order valence-corrected chi connectivity index (χ4v) is 3.49. The molecule has 2 N–H and O–H groups in total. The third-order valence-electron chi connectivity index (χ3n) is 5.04. The van der Waals surface area contributed by atoms with Crippen LogP contribution in [-0.2, 0) is 11.2 Å². The van der Waals surface area contributed by atoms with Crippen molar-refractivity contribution in [3.05, 3.63) is 66.5 Å². The van der Waals surface area contributed by atoms with Crippen molar-refractivity contribution >= 4 is 11.8 Å². The molecule has 2 aromatic heterocycles. The smallest absolute Gasteiger partial charge is 0.272 e. The van der Waals surface area contributed by atoms with Gasteiger partial charge in [-0.05, 0) is 35.6 Å². The van der Waals surface area contributed by atoms with Gasteiger partial charge in [-0.1, -0.05) is 30.3 Å². The Kier molecular flexibility index (Phi) is 5.60. The van der Waals surface area contributed by atoms with Gasteiger partial charge in [0.2, 0.25) is 5.91 Å². The van der Waals surface area contributed by atoms with E-state index in [1.54, 1.807) is 6.20 Å². The number of carbonyl (C=O) groups excluding carboxylic acids is 2. The Labute approximate surface area is 168 Å². The Morgan fingerprint density at radius 1 is 1.14 bits per heavy atom. The minimum atomic E-state index is -0.108. The van der Waals surface area contributed by atoms with Crippen LogP contribution >= 0.6 is 0 Å². The highest BCUT2D eigenvalue weighted by Crippen LogP contribution is 2.22. The number of aromatic amines is 1. The highest BCUT2D eigenvalue weighted by atomic mass is 16.2. The van der Waals surface area contributed by atoms with Crippen LogP contribution in [0, 0.1) is 5.92 Å². The van der Waals surface area contributed by atoms with Crippen LogP contribution in [0.25, 0.3) is 11.1 Å². The summed E-state index contributed by atoms with van der Waals surface area (Å²) >= 11 is 0. The fraction of sp³-hybridized carbons (Fsp3) is 0.286. The molecule has 1 fully saturated rings. The first-order valence-electron chi connectivity index (χ1n) is 9.61. The molecule has 3 heterocycles. The number of H-pyrrole nitrogens is 1. The maximum atomic E-state index is 12.9. The predicted molar refractivity (Wildman–Crippen MR) is 107 cm³/mol. The summed E-state index contributed by atoms with van der Waals surface area (Å²) in [6.45, 7) is 1.81. The van der Waals surface area contributed by atoms with Gasteiger partial charge >= 0.3 is 0 Å². The van der Waals surface area contributed by atoms with Gasteiger partial charge in [-0.3, -0.25) is 19.7 Å². The summed E-state index contributed by atoms with van der Waals surface area (Å²) in [7, 11) is 0. The predicted octanol–water partition coefficient (Wildman–Crippen LogP) is 1.69. The first kappa shape index (κ1) is 18.8. The van der Waals surface area contributed by atoms with E-state index < -0.39 is 0 Å². The van der Waals surface area contributed by atoms with Crippen LogP contribution in [0.1, 0.15) is 22.7 Å². The van der Waals surface area contributed by atoms with E-state index in [4.69, 9.17) is 0 Å². The summed E-state index contributed by atoms with van der Waals surface area (Å²) in [6, 6.07) is 13.7. The molecule has 1 aliphatic rings. The van der Waals surface area contributed by atoms with Gasteiger partial charge in [-0.25, -0.2) is 4.98 Å². The highest BCUT2D eigenvalue weighted by molar-refractivity contribution is 5.93. The van der Waals surface area contributed by atoms with Crippen molar-refractivity contribution < 1.29 is 9.59 Å². The van der Waals surface area contributed by atoms with E-state index in [1.165, 1.54) is 6.33 Å². The first-order valence-corrected chi connectivity index (χ1v) is 9.61. The van der Waals surface area contributed by atoms with Crippen molar-refractivity contribution in [2.75, 3.05) is 19.6 Å². The number of nitrogens with zero attached hydrogens (tertiary/aromatic N) is 4. The maximum absolute atomic E-state index is 12.9. The highest BCUT2D eigenvalue weighted by Gasteiger charge is 2.28. The monoisotopic (exact) mass is 390 g/mol. The minimum Gasteiger partial charge on any atom is -0.355 e. The number of amides is 2. The quantitative estimate of drug-likeness (QED) is 0.667. The zero-order chi connectivity index (χ0) is 20.1. The minimum absolute atomic E-state index is 0.0710. The molecule has 1 atom stereocenters. The summed E-state index contributed by atoms with van der Waals surface area (Å²) in [6.07, 6.45) is 4.08. The molecular formula is C21H22N6O2. The van der Waals surface area contributed by atoms with E-state index in [1.807, 2.05) is 47.4 Å². The van der Waals surface area contributed by atoms with E-state index in [9.17, 15) is 9.59 Å². The van der Waals surface area contributed by atoms with Crippen LogP contribution in [0.5, 0.6) is 0 Å². The van der Waals surface area contributed by atoms with E-state index in [2.05, 4.69) is 25.5 Å². The van der Waals surface area contributed by atoms with Gasteiger partial charge in [0.25, 0.3) is 5.91 Å². The van der Waals surface area contributed by atoms with Gasteiger partial charge in [-0.15, -0.1) is 0 Å². The SMILES string of the molecule is O=C(Cc1ncn[nH]1)NC[C@@H]1CCN(C(=O)c2cc(-c3ccccc3)ccn2)C1. The Morgan fingerprint density at radius 2 is 2.00 bits per heavy atom. The van der Waals surface area contributed by atoms with Crippen LogP contribution in [0.4, 0.5) is 0 Å². The lowest BCUT2D eigenvalue weighted by molar-refractivity contribution is -0.120. The average Bonchev–Trinajstić information content (AvgIpc) is 3.45. The molecule has 0 spiro atoms. The third-order valence-corrected chi connectivity index (χ3v) is 5.04. The van der Waals surface area contributed by atoms with Crippen molar-refractivity contribution in [2.24, 2.45) is 5.92 Å². The molecule has 148 valence electrons. The molecule has 0 aliphatic carbocycles. The summed E-state index contributed by atoms with van der Waals surface area (Å²) in [5.74, 6) is 0.590. The lowest BCUT2D eigenvalue weighted by Gasteiger charge is -2.17. The van der Waals surface area contributed by atoms with Crippen LogP contribution < -0.4 is 5.32 Å².